The van der Waals surface area contributed by atoms with Crippen LogP contribution in [0.5, 0.6) is 0 Å². The van der Waals surface area contributed by atoms with Crippen molar-refractivity contribution in [3.05, 3.63) is 21.6 Å². The molecule has 5 heteroatoms. The summed E-state index contributed by atoms with van der Waals surface area (Å²) in [5.41, 5.74) is 0.478. The Hall–Kier alpha value is -1.03. The summed E-state index contributed by atoms with van der Waals surface area (Å²) in [5.74, 6) is 1.11. The van der Waals surface area contributed by atoms with Crippen LogP contribution in [0.1, 0.15) is 47.0 Å². The zero-order chi connectivity index (χ0) is 15.6. The van der Waals surface area contributed by atoms with Crippen molar-refractivity contribution in [2.45, 2.75) is 53.5 Å². The number of nitrogens with zero attached hydrogens (tertiary/aromatic N) is 2. The van der Waals surface area contributed by atoms with E-state index in [-0.39, 0.29) is 11.0 Å². The van der Waals surface area contributed by atoms with Crippen LogP contribution in [0.2, 0.25) is 5.02 Å². The van der Waals surface area contributed by atoms with Gasteiger partial charge in [0, 0.05) is 13.1 Å². The standard InChI is InChI=1S/C16H26ClN3O/c1-11(2)16(3,4)10-18-14-13(17)8-19-20(15(14)21)9-12-6-5-7-12/h8,11-12,18H,5-7,9-10H2,1-4H3. The van der Waals surface area contributed by atoms with E-state index < -0.39 is 0 Å². The predicted molar refractivity (Wildman–Crippen MR) is 88.0 cm³/mol. The molecule has 0 radical (unpaired) electrons. The van der Waals surface area contributed by atoms with Gasteiger partial charge in [0.2, 0.25) is 0 Å². The lowest BCUT2D eigenvalue weighted by atomic mass is 9.81. The van der Waals surface area contributed by atoms with Crippen molar-refractivity contribution in [1.29, 1.82) is 0 Å². The zero-order valence-corrected chi connectivity index (χ0v) is 14.2. The fourth-order valence-corrected chi connectivity index (χ4v) is 2.39. The van der Waals surface area contributed by atoms with Crippen LogP contribution in [0.3, 0.4) is 0 Å². The average molecular weight is 312 g/mol. The molecular weight excluding hydrogens is 286 g/mol. The molecule has 1 fully saturated rings. The van der Waals surface area contributed by atoms with Crippen LogP contribution in [0.25, 0.3) is 0 Å². The Morgan fingerprint density at radius 3 is 2.67 bits per heavy atom. The Kier molecular flexibility index (Phi) is 4.97. The summed E-state index contributed by atoms with van der Waals surface area (Å²) in [6.45, 7) is 10.2. The van der Waals surface area contributed by atoms with Gasteiger partial charge < -0.3 is 5.32 Å². The van der Waals surface area contributed by atoms with Gasteiger partial charge in [-0.3, -0.25) is 4.79 Å². The molecule has 0 aromatic carbocycles. The summed E-state index contributed by atoms with van der Waals surface area (Å²) in [7, 11) is 0. The molecule has 0 aliphatic heterocycles. The van der Waals surface area contributed by atoms with Crippen molar-refractivity contribution in [2.24, 2.45) is 17.3 Å². The normalized spacial score (nSPS) is 16.1. The Balaban J connectivity index is 2.14. The first-order chi connectivity index (χ1) is 9.81. The summed E-state index contributed by atoms with van der Waals surface area (Å²) >= 11 is 6.16. The van der Waals surface area contributed by atoms with Gasteiger partial charge in [-0.05, 0) is 30.1 Å². The van der Waals surface area contributed by atoms with E-state index >= 15 is 0 Å². The van der Waals surface area contributed by atoms with Gasteiger partial charge in [0.1, 0.15) is 5.69 Å². The van der Waals surface area contributed by atoms with Gasteiger partial charge >= 0.3 is 0 Å². The van der Waals surface area contributed by atoms with E-state index in [1.165, 1.54) is 19.3 Å². The maximum absolute atomic E-state index is 12.5. The van der Waals surface area contributed by atoms with E-state index in [9.17, 15) is 4.79 Å². The van der Waals surface area contributed by atoms with E-state index in [0.717, 1.165) is 0 Å². The van der Waals surface area contributed by atoms with E-state index in [1.54, 1.807) is 10.9 Å². The van der Waals surface area contributed by atoms with Gasteiger partial charge in [0.15, 0.2) is 0 Å². The summed E-state index contributed by atoms with van der Waals surface area (Å²) in [6.07, 6.45) is 5.23. The number of nitrogens with one attached hydrogen (secondary N) is 1. The van der Waals surface area contributed by atoms with Crippen molar-refractivity contribution in [3.8, 4) is 0 Å². The highest BCUT2D eigenvalue weighted by Gasteiger charge is 2.24. The van der Waals surface area contributed by atoms with E-state index in [0.29, 0.717) is 35.6 Å². The average Bonchev–Trinajstić information content (AvgIpc) is 2.35. The Labute approximate surface area is 131 Å². The minimum absolute atomic E-state index is 0.0951. The number of hydrogen-bond acceptors (Lipinski definition) is 3. The lowest BCUT2D eigenvalue weighted by Gasteiger charge is -2.30. The monoisotopic (exact) mass is 311 g/mol. The van der Waals surface area contributed by atoms with E-state index in [1.807, 2.05) is 0 Å². The molecule has 1 aliphatic carbocycles. The number of halogens is 1. The highest BCUT2D eigenvalue weighted by molar-refractivity contribution is 6.32. The molecule has 118 valence electrons. The van der Waals surface area contributed by atoms with E-state index in [2.05, 4.69) is 38.1 Å². The maximum Gasteiger partial charge on any atom is 0.291 e. The van der Waals surface area contributed by atoms with Gasteiger partial charge in [-0.1, -0.05) is 45.7 Å². The number of anilines is 1. The second-order valence-electron chi connectivity index (χ2n) is 7.15. The van der Waals surface area contributed by atoms with E-state index in [4.69, 9.17) is 11.6 Å². The SMILES string of the molecule is CC(C)C(C)(C)CNc1c(Cl)cnn(CC2CCC2)c1=O. The van der Waals surface area contributed by atoms with Crippen LogP contribution >= 0.6 is 11.6 Å². The van der Waals surface area contributed by atoms with Crippen molar-refractivity contribution < 1.29 is 0 Å². The van der Waals surface area contributed by atoms with Gasteiger partial charge in [0.25, 0.3) is 5.56 Å². The summed E-state index contributed by atoms with van der Waals surface area (Å²) in [4.78, 5) is 12.5. The number of aromatic nitrogens is 2. The molecule has 1 heterocycles. The Morgan fingerprint density at radius 2 is 2.14 bits per heavy atom. The topological polar surface area (TPSA) is 46.9 Å². The smallest absolute Gasteiger partial charge is 0.291 e. The molecular formula is C16H26ClN3O. The highest BCUT2D eigenvalue weighted by Crippen LogP contribution is 2.28. The van der Waals surface area contributed by atoms with Gasteiger partial charge in [0.05, 0.1) is 11.2 Å². The number of hydrogen-bond donors (Lipinski definition) is 1. The fraction of sp³-hybridized carbons (Fsp3) is 0.750. The summed E-state index contributed by atoms with van der Waals surface area (Å²) in [5, 5.41) is 7.83. The first kappa shape index (κ1) is 16.3. The molecule has 2 rings (SSSR count). The predicted octanol–water partition coefficient (Wildman–Crippen LogP) is 3.79. The first-order valence-electron chi connectivity index (χ1n) is 7.81. The Morgan fingerprint density at radius 1 is 1.48 bits per heavy atom. The minimum atomic E-state index is -0.103. The molecule has 0 amide bonds. The number of rotatable bonds is 6. The van der Waals surface area contributed by atoms with Crippen LogP contribution in [-0.4, -0.2) is 16.3 Å². The maximum atomic E-state index is 12.5. The first-order valence-corrected chi connectivity index (χ1v) is 8.18. The molecule has 0 spiro atoms. The summed E-state index contributed by atoms with van der Waals surface area (Å²) in [6, 6.07) is 0. The van der Waals surface area contributed by atoms with Crippen LogP contribution < -0.4 is 10.9 Å². The van der Waals surface area contributed by atoms with Crippen LogP contribution in [0, 0.1) is 17.3 Å². The van der Waals surface area contributed by atoms with Crippen molar-refractivity contribution >= 4 is 17.3 Å². The second kappa shape index (κ2) is 6.39. The molecule has 21 heavy (non-hydrogen) atoms. The Bertz CT molecular complexity index is 547. The second-order valence-corrected chi connectivity index (χ2v) is 7.56. The quantitative estimate of drug-likeness (QED) is 0.869. The zero-order valence-electron chi connectivity index (χ0n) is 13.4. The molecule has 0 unspecified atom stereocenters. The van der Waals surface area contributed by atoms with Gasteiger partial charge in [-0.15, -0.1) is 0 Å². The molecule has 4 nitrogen and oxygen atoms in total. The van der Waals surface area contributed by atoms with Crippen LogP contribution in [-0.2, 0) is 6.54 Å². The fourth-order valence-electron chi connectivity index (χ4n) is 2.20. The molecule has 0 saturated heterocycles. The minimum Gasteiger partial charge on any atom is -0.379 e. The molecule has 1 aromatic heterocycles. The lowest BCUT2D eigenvalue weighted by Crippen LogP contribution is -2.34. The molecule has 1 saturated carbocycles. The molecule has 1 N–H and O–H groups in total. The third-order valence-corrected chi connectivity index (χ3v) is 5.22. The summed E-state index contributed by atoms with van der Waals surface area (Å²) < 4.78 is 1.56. The van der Waals surface area contributed by atoms with Gasteiger partial charge in [-0.25, -0.2) is 4.68 Å². The van der Waals surface area contributed by atoms with Crippen molar-refractivity contribution in [3.63, 3.8) is 0 Å². The molecule has 1 aromatic rings. The third kappa shape index (κ3) is 3.79. The van der Waals surface area contributed by atoms with Crippen LogP contribution in [0.4, 0.5) is 5.69 Å². The van der Waals surface area contributed by atoms with Gasteiger partial charge in [-0.2, -0.15) is 5.10 Å². The molecule has 0 bridgehead atoms. The van der Waals surface area contributed by atoms with Crippen LogP contribution in [0.15, 0.2) is 11.0 Å². The lowest BCUT2D eigenvalue weighted by molar-refractivity contribution is 0.261. The third-order valence-electron chi connectivity index (χ3n) is 4.94. The van der Waals surface area contributed by atoms with Crippen molar-refractivity contribution in [1.82, 2.24) is 9.78 Å². The highest BCUT2D eigenvalue weighted by atomic mass is 35.5. The molecule has 1 aliphatic rings. The molecule has 0 atom stereocenters. The largest absolute Gasteiger partial charge is 0.379 e. The van der Waals surface area contributed by atoms with Crippen molar-refractivity contribution in [2.75, 3.05) is 11.9 Å².